The maximum atomic E-state index is 12.7. The molecule has 0 aliphatic carbocycles. The molecule has 0 saturated carbocycles. The third-order valence-corrected chi connectivity index (χ3v) is 9.16. The van der Waals surface area contributed by atoms with Crippen molar-refractivity contribution in [1.29, 1.82) is 0 Å². The molecule has 4 N–H and O–H groups in total. The summed E-state index contributed by atoms with van der Waals surface area (Å²) in [6.07, 6.45) is 12.4. The van der Waals surface area contributed by atoms with Crippen molar-refractivity contribution in [2.24, 2.45) is 5.16 Å². The van der Waals surface area contributed by atoms with E-state index >= 15 is 0 Å². The van der Waals surface area contributed by atoms with E-state index in [0.717, 1.165) is 57.3 Å². The van der Waals surface area contributed by atoms with Gasteiger partial charge in [0.15, 0.2) is 0 Å². The van der Waals surface area contributed by atoms with Gasteiger partial charge in [-0.25, -0.2) is 14.6 Å². The lowest BCUT2D eigenvalue weighted by Crippen LogP contribution is -2.19. The summed E-state index contributed by atoms with van der Waals surface area (Å²) in [4.78, 5) is 48.5. The van der Waals surface area contributed by atoms with Crippen molar-refractivity contribution in [2.45, 2.75) is 58.0 Å². The van der Waals surface area contributed by atoms with Crippen LogP contribution in [-0.2, 0) is 25.6 Å². The van der Waals surface area contributed by atoms with E-state index in [-0.39, 0.29) is 12.3 Å². The number of aryl methyl sites for hydroxylation is 1. The molecule has 0 spiro atoms. The number of aromatic nitrogens is 2. The van der Waals surface area contributed by atoms with Crippen molar-refractivity contribution in [3.8, 4) is 33.9 Å². The average molecular weight is 723 g/mol. The molecule has 0 saturated heterocycles. The number of imidazole rings is 1. The van der Waals surface area contributed by atoms with Crippen LogP contribution in [0.15, 0.2) is 114 Å². The van der Waals surface area contributed by atoms with E-state index in [1.54, 1.807) is 6.08 Å². The maximum absolute atomic E-state index is 12.7. The van der Waals surface area contributed by atoms with Gasteiger partial charge in [0, 0.05) is 41.0 Å². The number of benzene rings is 4. The number of carbonyl (C=O) groups excluding carboxylic acids is 1. The van der Waals surface area contributed by atoms with Crippen LogP contribution < -0.4 is 5.32 Å². The SMILES string of the molecule is CCCCCCCc1ccc(NC(=O)/C=C/c2ccc(-c3[nH]c(-c4ccc(C5=NOC(C(=O)O)C5)cc4)nc3-c3ccc(/C=C/C(=O)O)cc3)cc2)cc1. The summed E-state index contributed by atoms with van der Waals surface area (Å²) >= 11 is 0. The zero-order valence-corrected chi connectivity index (χ0v) is 30.0. The Balaban J connectivity index is 1.17. The fourth-order valence-electron chi connectivity index (χ4n) is 6.15. The Bertz CT molecular complexity index is 2160. The highest BCUT2D eigenvalue weighted by Gasteiger charge is 2.28. The van der Waals surface area contributed by atoms with E-state index in [4.69, 9.17) is 14.9 Å². The molecule has 10 nitrogen and oxygen atoms in total. The largest absolute Gasteiger partial charge is 0.478 e. The van der Waals surface area contributed by atoms with Crippen molar-refractivity contribution in [2.75, 3.05) is 5.32 Å². The first kappa shape index (κ1) is 37.2. The van der Waals surface area contributed by atoms with Crippen LogP contribution in [0.1, 0.15) is 67.7 Å². The van der Waals surface area contributed by atoms with E-state index in [2.05, 4.69) is 34.5 Å². The number of oxime groups is 1. The van der Waals surface area contributed by atoms with Gasteiger partial charge in [0.05, 0.1) is 17.1 Å². The standard InChI is InChI=1S/C44H42N4O6/c1-2-3-4-5-6-7-29-12-24-36(25-13-29)45-39(49)26-14-30-8-16-33(17-9-30)41-42(34-18-10-31(11-19-34)15-27-40(50)51)47-43(46-41)35-22-20-32(21-23-35)37-28-38(44(52)53)54-48-37/h8-27,38H,2-7,28H2,1H3,(H,45,49)(H,46,47)(H,50,51)(H,52,53)/b26-14+,27-15+. The van der Waals surface area contributed by atoms with E-state index in [1.807, 2.05) is 84.9 Å². The summed E-state index contributed by atoms with van der Waals surface area (Å²) in [5.74, 6) is -1.67. The van der Waals surface area contributed by atoms with Gasteiger partial charge >= 0.3 is 11.9 Å². The smallest absolute Gasteiger partial charge is 0.348 e. The van der Waals surface area contributed by atoms with Crippen LogP contribution >= 0.6 is 0 Å². The van der Waals surface area contributed by atoms with Crippen molar-refractivity contribution in [3.63, 3.8) is 0 Å². The number of carboxylic acids is 2. The number of hydrogen-bond acceptors (Lipinski definition) is 6. The molecular weight excluding hydrogens is 681 g/mol. The molecule has 2 heterocycles. The van der Waals surface area contributed by atoms with Gasteiger partial charge in [-0.15, -0.1) is 0 Å². The lowest BCUT2D eigenvalue weighted by atomic mass is 10.0. The Hall–Kier alpha value is -6.55. The third-order valence-electron chi connectivity index (χ3n) is 9.16. The highest BCUT2D eigenvalue weighted by Crippen LogP contribution is 2.34. The second-order valence-corrected chi connectivity index (χ2v) is 13.2. The van der Waals surface area contributed by atoms with Gasteiger partial charge < -0.3 is 25.4 Å². The van der Waals surface area contributed by atoms with Crippen molar-refractivity contribution >= 4 is 41.4 Å². The molecule has 6 rings (SSSR count). The number of unbranched alkanes of at least 4 members (excludes halogenated alkanes) is 4. The van der Waals surface area contributed by atoms with E-state index in [9.17, 15) is 19.5 Å². The Morgan fingerprint density at radius 2 is 1.37 bits per heavy atom. The number of nitrogens with zero attached hydrogens (tertiary/aromatic N) is 2. The zero-order valence-electron chi connectivity index (χ0n) is 30.0. The number of hydrogen-bond donors (Lipinski definition) is 4. The van der Waals surface area contributed by atoms with Gasteiger partial charge in [0.25, 0.3) is 0 Å². The van der Waals surface area contributed by atoms with Crippen LogP contribution in [-0.4, -0.2) is 49.8 Å². The third kappa shape index (κ3) is 9.86. The van der Waals surface area contributed by atoms with Crippen LogP contribution in [0.5, 0.6) is 0 Å². The summed E-state index contributed by atoms with van der Waals surface area (Å²) in [6.45, 7) is 2.22. The molecule has 54 heavy (non-hydrogen) atoms. The first-order chi connectivity index (χ1) is 26.2. The topological polar surface area (TPSA) is 154 Å². The van der Waals surface area contributed by atoms with Gasteiger partial charge in [-0.1, -0.05) is 123 Å². The van der Waals surface area contributed by atoms with Crippen LogP contribution in [0.25, 0.3) is 46.1 Å². The second kappa shape index (κ2) is 17.8. The highest BCUT2D eigenvalue weighted by atomic mass is 16.7. The number of H-pyrrole nitrogens is 1. The number of aromatic amines is 1. The molecule has 10 heteroatoms. The quantitative estimate of drug-likeness (QED) is 0.0585. The molecule has 1 amide bonds. The number of amides is 1. The Morgan fingerprint density at radius 3 is 2.00 bits per heavy atom. The first-order valence-corrected chi connectivity index (χ1v) is 18.1. The Morgan fingerprint density at radius 1 is 0.759 bits per heavy atom. The second-order valence-electron chi connectivity index (χ2n) is 13.2. The van der Waals surface area contributed by atoms with E-state index in [0.29, 0.717) is 17.2 Å². The minimum atomic E-state index is -1.05. The monoisotopic (exact) mass is 722 g/mol. The predicted octanol–water partition coefficient (Wildman–Crippen LogP) is 9.25. The number of carbonyl (C=O) groups is 3. The maximum Gasteiger partial charge on any atom is 0.348 e. The van der Waals surface area contributed by atoms with Gasteiger partial charge in [0.2, 0.25) is 12.0 Å². The van der Waals surface area contributed by atoms with Crippen LogP contribution in [0.2, 0.25) is 0 Å². The molecule has 1 aliphatic heterocycles. The zero-order chi connectivity index (χ0) is 37.9. The molecular formula is C44H42N4O6. The van der Waals surface area contributed by atoms with Gasteiger partial charge in [0.1, 0.15) is 5.82 Å². The molecule has 274 valence electrons. The fourth-order valence-corrected chi connectivity index (χ4v) is 6.15. The normalized spacial score (nSPS) is 13.9. The highest BCUT2D eigenvalue weighted by molar-refractivity contribution is 6.04. The minimum Gasteiger partial charge on any atom is -0.478 e. The number of carboxylic acid groups (broad SMARTS) is 2. The molecule has 0 radical (unpaired) electrons. The summed E-state index contributed by atoms with van der Waals surface area (Å²) in [7, 11) is 0. The summed E-state index contributed by atoms with van der Waals surface area (Å²) < 4.78 is 0. The molecule has 1 atom stereocenters. The number of nitrogens with one attached hydrogen (secondary N) is 2. The number of aliphatic carboxylic acids is 2. The predicted molar refractivity (Wildman–Crippen MR) is 212 cm³/mol. The van der Waals surface area contributed by atoms with E-state index < -0.39 is 18.0 Å². The summed E-state index contributed by atoms with van der Waals surface area (Å²) in [5.41, 5.74) is 8.94. The molecule has 1 aromatic heterocycles. The molecule has 4 aromatic carbocycles. The fraction of sp³-hybridized carbons (Fsp3) is 0.205. The van der Waals surface area contributed by atoms with Crippen LogP contribution in [0.3, 0.4) is 0 Å². The van der Waals surface area contributed by atoms with Gasteiger partial charge in [-0.05, 0) is 59.4 Å². The molecule has 1 unspecified atom stereocenters. The van der Waals surface area contributed by atoms with E-state index in [1.165, 1.54) is 49.8 Å². The summed E-state index contributed by atoms with van der Waals surface area (Å²) in [5, 5.41) is 25.2. The molecule has 1 aliphatic rings. The van der Waals surface area contributed by atoms with Crippen molar-refractivity contribution in [3.05, 3.63) is 131 Å². The molecule has 5 aromatic rings. The van der Waals surface area contributed by atoms with Crippen molar-refractivity contribution in [1.82, 2.24) is 9.97 Å². The van der Waals surface area contributed by atoms with Crippen molar-refractivity contribution < 1.29 is 29.4 Å². The molecule has 0 bridgehead atoms. The Kier molecular flexibility index (Phi) is 12.3. The number of rotatable bonds is 16. The molecule has 0 fully saturated rings. The lowest BCUT2D eigenvalue weighted by molar-refractivity contribution is -0.148. The van der Waals surface area contributed by atoms with Gasteiger partial charge in [-0.2, -0.15) is 0 Å². The van der Waals surface area contributed by atoms with Crippen LogP contribution in [0.4, 0.5) is 5.69 Å². The summed E-state index contributed by atoms with van der Waals surface area (Å²) in [6, 6.07) is 30.8. The van der Waals surface area contributed by atoms with Crippen LogP contribution in [0, 0.1) is 0 Å². The Labute approximate surface area is 313 Å². The number of anilines is 1. The average Bonchev–Trinajstić information content (AvgIpc) is 3.87. The first-order valence-electron chi connectivity index (χ1n) is 18.1. The lowest BCUT2D eigenvalue weighted by Gasteiger charge is -2.06. The minimum absolute atomic E-state index is 0.185. The van der Waals surface area contributed by atoms with Gasteiger partial charge in [-0.3, -0.25) is 4.79 Å².